The number of alkyl halides is 3. The molecule has 2 aromatic carbocycles. The monoisotopic (exact) mass is 424 g/mol. The second-order valence-corrected chi connectivity index (χ2v) is 8.43. The van der Waals surface area contributed by atoms with Crippen molar-refractivity contribution >= 4 is 23.2 Å². The van der Waals surface area contributed by atoms with Crippen LogP contribution in [-0.2, 0) is 11.1 Å². The summed E-state index contributed by atoms with van der Waals surface area (Å²) in [4.78, 5) is 13.0. The Morgan fingerprint density at radius 3 is 2.10 bits per heavy atom. The number of carbonyl (C=O) groups excluding carboxylic acids is 1. The molecule has 1 aliphatic heterocycles. The second-order valence-electron chi connectivity index (χ2n) is 7.99. The predicted molar refractivity (Wildman–Crippen MR) is 105 cm³/mol. The fourth-order valence-corrected chi connectivity index (χ4v) is 3.22. The van der Waals surface area contributed by atoms with Crippen LogP contribution in [0.5, 0.6) is 0 Å². The van der Waals surface area contributed by atoms with Crippen LogP contribution in [-0.4, -0.2) is 27.9 Å². The van der Waals surface area contributed by atoms with Crippen molar-refractivity contribution in [1.82, 2.24) is 5.01 Å². The average molecular weight is 425 g/mol. The molecule has 0 bridgehead atoms. The molecule has 0 fully saturated rings. The highest BCUT2D eigenvalue weighted by atomic mass is 35.5. The van der Waals surface area contributed by atoms with Gasteiger partial charge in [0.2, 0.25) is 0 Å². The van der Waals surface area contributed by atoms with Crippen molar-refractivity contribution in [2.24, 2.45) is 5.10 Å². The molecular formula is C21H20ClF3N2O2. The number of nitrogens with zero attached hydrogens (tertiary/aromatic N) is 2. The molecule has 1 atom stereocenters. The largest absolute Gasteiger partial charge is 0.431 e. The van der Waals surface area contributed by atoms with Crippen LogP contribution in [0.25, 0.3) is 0 Å². The Bertz CT molecular complexity index is 948. The van der Waals surface area contributed by atoms with E-state index in [-0.39, 0.29) is 16.5 Å². The number of amides is 1. The first kappa shape index (κ1) is 21.3. The van der Waals surface area contributed by atoms with Crippen LogP contribution >= 0.6 is 11.6 Å². The molecule has 0 aromatic heterocycles. The van der Waals surface area contributed by atoms with Gasteiger partial charge in [0, 0.05) is 16.1 Å². The number of aliphatic hydroxyl groups is 1. The highest BCUT2D eigenvalue weighted by Crippen LogP contribution is 2.40. The minimum atomic E-state index is -4.77. The highest BCUT2D eigenvalue weighted by Gasteiger charge is 2.53. The number of halogens is 4. The Balaban J connectivity index is 2.03. The number of carbonyl (C=O) groups is 1. The first-order valence-electron chi connectivity index (χ1n) is 8.90. The summed E-state index contributed by atoms with van der Waals surface area (Å²) in [5.74, 6) is -0.831. The van der Waals surface area contributed by atoms with E-state index < -0.39 is 29.9 Å². The van der Waals surface area contributed by atoms with E-state index in [9.17, 15) is 23.1 Å². The molecular weight excluding hydrogens is 405 g/mol. The lowest BCUT2D eigenvalue weighted by Gasteiger charge is -2.31. The van der Waals surface area contributed by atoms with Gasteiger partial charge in [0.05, 0.1) is 6.42 Å². The maximum atomic E-state index is 13.3. The third-order valence-corrected chi connectivity index (χ3v) is 5.06. The van der Waals surface area contributed by atoms with Gasteiger partial charge < -0.3 is 5.11 Å². The van der Waals surface area contributed by atoms with E-state index in [0.29, 0.717) is 10.0 Å². The van der Waals surface area contributed by atoms with Gasteiger partial charge in [0.1, 0.15) is 5.71 Å². The van der Waals surface area contributed by atoms with Crippen molar-refractivity contribution in [3.63, 3.8) is 0 Å². The van der Waals surface area contributed by atoms with Crippen LogP contribution in [0.15, 0.2) is 53.6 Å². The molecule has 154 valence electrons. The number of rotatable bonds is 2. The molecule has 0 radical (unpaired) electrons. The molecule has 29 heavy (non-hydrogen) atoms. The number of hydrazone groups is 1. The van der Waals surface area contributed by atoms with E-state index in [2.05, 4.69) is 5.10 Å². The zero-order valence-corrected chi connectivity index (χ0v) is 16.8. The lowest BCUT2D eigenvalue weighted by atomic mass is 9.86. The Labute approximate surface area is 171 Å². The van der Waals surface area contributed by atoms with Crippen molar-refractivity contribution < 1.29 is 23.1 Å². The molecule has 3 rings (SSSR count). The summed E-state index contributed by atoms with van der Waals surface area (Å²) in [6.07, 6.45) is -5.64. The van der Waals surface area contributed by atoms with Gasteiger partial charge in [-0.05, 0) is 35.2 Å². The van der Waals surface area contributed by atoms with E-state index in [0.717, 1.165) is 5.56 Å². The third kappa shape index (κ3) is 4.16. The molecule has 0 aliphatic carbocycles. The molecule has 0 saturated carbocycles. The maximum Gasteiger partial charge on any atom is 0.431 e. The van der Waals surface area contributed by atoms with Gasteiger partial charge in [-0.2, -0.15) is 23.3 Å². The van der Waals surface area contributed by atoms with Gasteiger partial charge in [-0.3, -0.25) is 4.79 Å². The SMILES string of the molecule is CC(C)(C)c1ccc(C(=O)N2N=C(C(F)(F)F)C[C@@]2(O)c2ccc(Cl)cc2)cc1. The lowest BCUT2D eigenvalue weighted by molar-refractivity contribution is -0.0816. The Morgan fingerprint density at radius 2 is 1.62 bits per heavy atom. The second kappa shape index (κ2) is 7.15. The standard InChI is InChI=1S/C21H20ClF3N2O2/c1-19(2,3)14-6-4-13(5-7-14)18(28)27-20(29,12-17(26-27)21(23,24)25)15-8-10-16(22)11-9-15/h4-11,29H,12H2,1-3H3/t20-/m1/s1. The van der Waals surface area contributed by atoms with Gasteiger partial charge in [-0.25, -0.2) is 0 Å². The fourth-order valence-electron chi connectivity index (χ4n) is 3.09. The van der Waals surface area contributed by atoms with Crippen molar-refractivity contribution in [2.75, 3.05) is 0 Å². The normalized spacial score (nSPS) is 20.0. The van der Waals surface area contributed by atoms with E-state index in [1.807, 2.05) is 20.8 Å². The van der Waals surface area contributed by atoms with Gasteiger partial charge in [-0.15, -0.1) is 0 Å². The summed E-state index contributed by atoms with van der Waals surface area (Å²) in [6, 6.07) is 12.1. The topological polar surface area (TPSA) is 52.9 Å². The Kier molecular flexibility index (Phi) is 5.26. The summed E-state index contributed by atoms with van der Waals surface area (Å²) in [7, 11) is 0. The quantitative estimate of drug-likeness (QED) is 0.716. The number of hydrogen-bond acceptors (Lipinski definition) is 3. The lowest BCUT2D eigenvalue weighted by Crippen LogP contribution is -2.43. The average Bonchev–Trinajstić information content (AvgIpc) is 3.00. The Hall–Kier alpha value is -2.38. The molecule has 1 aliphatic rings. The summed E-state index contributed by atoms with van der Waals surface area (Å²) in [6.45, 7) is 6.01. The molecule has 0 unspecified atom stereocenters. The van der Waals surface area contributed by atoms with Crippen molar-refractivity contribution in [2.45, 2.75) is 44.5 Å². The van der Waals surface area contributed by atoms with E-state index in [1.54, 1.807) is 12.1 Å². The fraction of sp³-hybridized carbons (Fsp3) is 0.333. The van der Waals surface area contributed by atoms with E-state index in [4.69, 9.17) is 11.6 Å². The van der Waals surface area contributed by atoms with E-state index in [1.165, 1.54) is 36.4 Å². The first-order chi connectivity index (χ1) is 13.3. The highest BCUT2D eigenvalue weighted by molar-refractivity contribution is 6.30. The van der Waals surface area contributed by atoms with Crippen LogP contribution < -0.4 is 0 Å². The van der Waals surface area contributed by atoms with Crippen molar-refractivity contribution in [3.05, 3.63) is 70.2 Å². The molecule has 1 amide bonds. The van der Waals surface area contributed by atoms with Crippen molar-refractivity contribution in [3.8, 4) is 0 Å². The van der Waals surface area contributed by atoms with Crippen molar-refractivity contribution in [1.29, 1.82) is 0 Å². The molecule has 4 nitrogen and oxygen atoms in total. The van der Waals surface area contributed by atoms with Gasteiger partial charge in [0.15, 0.2) is 5.72 Å². The minimum absolute atomic E-state index is 0.0876. The molecule has 0 saturated heterocycles. The Morgan fingerprint density at radius 1 is 1.07 bits per heavy atom. The molecule has 8 heteroatoms. The maximum absolute atomic E-state index is 13.3. The van der Waals surface area contributed by atoms with Gasteiger partial charge in [-0.1, -0.05) is 56.6 Å². The van der Waals surface area contributed by atoms with Crippen LogP contribution in [0.3, 0.4) is 0 Å². The summed E-state index contributed by atoms with van der Waals surface area (Å²) >= 11 is 5.84. The zero-order chi connectivity index (χ0) is 21.6. The zero-order valence-electron chi connectivity index (χ0n) is 16.1. The van der Waals surface area contributed by atoms with E-state index >= 15 is 0 Å². The van der Waals surface area contributed by atoms with Crippen LogP contribution in [0.1, 0.15) is 48.7 Å². The predicted octanol–water partition coefficient (Wildman–Crippen LogP) is 5.25. The van der Waals surface area contributed by atoms with Gasteiger partial charge in [0.25, 0.3) is 5.91 Å². The van der Waals surface area contributed by atoms with Crippen LogP contribution in [0.4, 0.5) is 13.2 Å². The molecule has 1 heterocycles. The molecule has 1 N–H and O–H groups in total. The molecule has 2 aromatic rings. The summed E-state index contributed by atoms with van der Waals surface area (Å²) in [5.41, 5.74) is -2.48. The third-order valence-electron chi connectivity index (χ3n) is 4.81. The number of benzene rings is 2. The van der Waals surface area contributed by atoms with Crippen LogP contribution in [0, 0.1) is 0 Å². The summed E-state index contributed by atoms with van der Waals surface area (Å²) in [5, 5.41) is 15.4. The summed E-state index contributed by atoms with van der Waals surface area (Å²) < 4.78 is 39.9. The minimum Gasteiger partial charge on any atom is -0.365 e. The number of hydrogen-bond donors (Lipinski definition) is 1. The van der Waals surface area contributed by atoms with Gasteiger partial charge >= 0.3 is 6.18 Å². The smallest absolute Gasteiger partial charge is 0.365 e. The first-order valence-corrected chi connectivity index (χ1v) is 9.28. The van der Waals surface area contributed by atoms with Crippen LogP contribution in [0.2, 0.25) is 5.02 Å². The molecule has 0 spiro atoms.